The molecule has 1 aromatic heterocycles. The van der Waals surface area contributed by atoms with E-state index in [-0.39, 0.29) is 5.91 Å². The van der Waals surface area contributed by atoms with E-state index in [0.29, 0.717) is 5.56 Å². The Labute approximate surface area is 133 Å². The van der Waals surface area contributed by atoms with E-state index >= 15 is 0 Å². The second kappa shape index (κ2) is 6.16. The lowest BCUT2D eigenvalue weighted by Gasteiger charge is -2.06. The van der Waals surface area contributed by atoms with E-state index in [0.717, 1.165) is 22.6 Å². The van der Waals surface area contributed by atoms with Gasteiger partial charge in [-0.25, -0.2) is 4.98 Å². The van der Waals surface area contributed by atoms with E-state index in [2.05, 4.69) is 16.4 Å². The van der Waals surface area contributed by atoms with Gasteiger partial charge in [0.25, 0.3) is 0 Å². The summed E-state index contributed by atoms with van der Waals surface area (Å²) in [7, 11) is 0. The fraction of sp³-hybridized carbons (Fsp3) is 0.0556. The van der Waals surface area contributed by atoms with Gasteiger partial charge in [0, 0.05) is 30.1 Å². The van der Waals surface area contributed by atoms with Gasteiger partial charge < -0.3 is 9.88 Å². The lowest BCUT2D eigenvalue weighted by Crippen LogP contribution is -2.06. The van der Waals surface area contributed by atoms with Crippen LogP contribution in [0.25, 0.3) is 16.9 Å². The molecule has 0 bridgehead atoms. The zero-order chi connectivity index (χ0) is 16.2. The third-order valence-electron chi connectivity index (χ3n) is 3.33. The highest BCUT2D eigenvalue weighted by Crippen LogP contribution is 2.21. The van der Waals surface area contributed by atoms with Gasteiger partial charge >= 0.3 is 0 Å². The molecule has 0 saturated heterocycles. The van der Waals surface area contributed by atoms with Crippen LogP contribution >= 0.6 is 0 Å². The minimum absolute atomic E-state index is 0.109. The summed E-state index contributed by atoms with van der Waals surface area (Å²) in [5.41, 5.74) is 3.90. The average Bonchev–Trinajstić information content (AvgIpc) is 3.04. The number of nitrogens with one attached hydrogen (secondary N) is 1. The summed E-state index contributed by atoms with van der Waals surface area (Å²) < 4.78 is 1.87. The highest BCUT2D eigenvalue weighted by molar-refractivity contribution is 5.88. The van der Waals surface area contributed by atoms with E-state index in [9.17, 15) is 4.79 Å². The van der Waals surface area contributed by atoms with Gasteiger partial charge in [0.05, 0.1) is 23.7 Å². The van der Waals surface area contributed by atoms with Crippen LogP contribution in [-0.2, 0) is 4.79 Å². The van der Waals surface area contributed by atoms with Crippen molar-refractivity contribution in [2.24, 2.45) is 0 Å². The molecule has 0 saturated carbocycles. The second-order valence-corrected chi connectivity index (χ2v) is 5.09. The first-order valence-corrected chi connectivity index (χ1v) is 7.08. The molecule has 3 rings (SSSR count). The van der Waals surface area contributed by atoms with Gasteiger partial charge in [0.2, 0.25) is 5.91 Å². The van der Waals surface area contributed by atoms with Crippen LogP contribution in [0, 0.1) is 11.3 Å². The first-order valence-electron chi connectivity index (χ1n) is 7.08. The van der Waals surface area contributed by atoms with E-state index in [4.69, 9.17) is 5.26 Å². The number of hydrogen-bond acceptors (Lipinski definition) is 3. The van der Waals surface area contributed by atoms with Crippen molar-refractivity contribution in [2.45, 2.75) is 6.92 Å². The van der Waals surface area contributed by atoms with E-state index < -0.39 is 0 Å². The molecule has 1 N–H and O–H groups in total. The summed E-state index contributed by atoms with van der Waals surface area (Å²) in [4.78, 5) is 15.5. The standard InChI is InChI=1S/C18H14N4O/c1-13(23)21-16-6-3-7-17(9-16)22-11-18(20-12-22)15-5-2-4-14(8-15)10-19/h2-9,11-12H,1H3,(H,21,23). The molecule has 0 spiro atoms. The molecule has 0 radical (unpaired) electrons. The van der Waals surface area contributed by atoms with Crippen LogP contribution in [0.3, 0.4) is 0 Å². The Morgan fingerprint density at radius 2 is 2.04 bits per heavy atom. The third-order valence-corrected chi connectivity index (χ3v) is 3.33. The Hall–Kier alpha value is -3.39. The molecule has 0 fully saturated rings. The first-order chi connectivity index (χ1) is 11.2. The monoisotopic (exact) mass is 302 g/mol. The Kier molecular flexibility index (Phi) is 3.89. The van der Waals surface area contributed by atoms with Crippen molar-refractivity contribution in [3.8, 4) is 23.0 Å². The minimum atomic E-state index is -0.109. The molecule has 112 valence electrons. The summed E-state index contributed by atoms with van der Waals surface area (Å²) in [6.45, 7) is 1.48. The maximum Gasteiger partial charge on any atom is 0.221 e. The minimum Gasteiger partial charge on any atom is -0.326 e. The topological polar surface area (TPSA) is 70.7 Å². The number of aromatic nitrogens is 2. The van der Waals surface area contributed by atoms with Gasteiger partial charge in [-0.1, -0.05) is 18.2 Å². The third kappa shape index (κ3) is 3.27. The zero-order valence-corrected chi connectivity index (χ0v) is 12.5. The molecule has 5 nitrogen and oxygen atoms in total. The number of carbonyl (C=O) groups is 1. The number of imidazole rings is 1. The lowest BCUT2D eigenvalue weighted by atomic mass is 10.1. The smallest absolute Gasteiger partial charge is 0.221 e. The first kappa shape index (κ1) is 14.5. The number of nitriles is 1. The van der Waals surface area contributed by atoms with Crippen LogP contribution in [0.15, 0.2) is 61.1 Å². The van der Waals surface area contributed by atoms with Crippen LogP contribution in [0.2, 0.25) is 0 Å². The SMILES string of the molecule is CC(=O)Nc1cccc(-n2cnc(-c3cccc(C#N)c3)c2)c1. The average molecular weight is 302 g/mol. The van der Waals surface area contributed by atoms with Crippen molar-refractivity contribution in [3.63, 3.8) is 0 Å². The molecule has 2 aromatic carbocycles. The molecule has 0 unspecified atom stereocenters. The number of rotatable bonds is 3. The van der Waals surface area contributed by atoms with E-state index in [1.165, 1.54) is 6.92 Å². The fourth-order valence-electron chi connectivity index (χ4n) is 2.31. The summed E-state index contributed by atoms with van der Waals surface area (Å²) >= 11 is 0. The van der Waals surface area contributed by atoms with Crippen LogP contribution in [-0.4, -0.2) is 15.5 Å². The van der Waals surface area contributed by atoms with E-state index in [1.807, 2.05) is 47.2 Å². The van der Waals surface area contributed by atoms with Crippen molar-refractivity contribution >= 4 is 11.6 Å². The molecule has 0 aliphatic rings. The summed E-state index contributed by atoms with van der Waals surface area (Å²) in [5.74, 6) is -0.109. The molecule has 3 aromatic rings. The van der Waals surface area contributed by atoms with Crippen molar-refractivity contribution in [3.05, 3.63) is 66.6 Å². The van der Waals surface area contributed by atoms with Gasteiger partial charge in [-0.15, -0.1) is 0 Å². The van der Waals surface area contributed by atoms with Crippen molar-refractivity contribution < 1.29 is 4.79 Å². The highest BCUT2D eigenvalue weighted by Gasteiger charge is 2.05. The number of nitrogens with zero attached hydrogens (tertiary/aromatic N) is 3. The van der Waals surface area contributed by atoms with Gasteiger partial charge in [0.1, 0.15) is 0 Å². The summed E-state index contributed by atoms with van der Waals surface area (Å²) in [6.07, 6.45) is 3.60. The van der Waals surface area contributed by atoms with Crippen LogP contribution in [0.4, 0.5) is 5.69 Å². The molecular weight excluding hydrogens is 288 g/mol. The second-order valence-electron chi connectivity index (χ2n) is 5.09. The quantitative estimate of drug-likeness (QED) is 0.806. The molecule has 23 heavy (non-hydrogen) atoms. The number of amides is 1. The lowest BCUT2D eigenvalue weighted by molar-refractivity contribution is -0.114. The van der Waals surface area contributed by atoms with Gasteiger partial charge in [-0.3, -0.25) is 4.79 Å². The highest BCUT2D eigenvalue weighted by atomic mass is 16.1. The summed E-state index contributed by atoms with van der Waals surface area (Å²) in [5, 5.41) is 11.7. The van der Waals surface area contributed by atoms with Gasteiger partial charge in [0.15, 0.2) is 0 Å². The number of hydrogen-bond donors (Lipinski definition) is 1. The van der Waals surface area contributed by atoms with Crippen LogP contribution < -0.4 is 5.32 Å². The number of carbonyl (C=O) groups excluding carboxylic acids is 1. The van der Waals surface area contributed by atoms with Gasteiger partial charge in [-0.05, 0) is 30.3 Å². The molecule has 5 heteroatoms. The molecule has 1 amide bonds. The van der Waals surface area contributed by atoms with Crippen molar-refractivity contribution in [1.29, 1.82) is 5.26 Å². The molecule has 0 aliphatic carbocycles. The van der Waals surface area contributed by atoms with Gasteiger partial charge in [-0.2, -0.15) is 5.26 Å². The maximum atomic E-state index is 11.2. The number of anilines is 1. The maximum absolute atomic E-state index is 11.2. The predicted octanol–water partition coefficient (Wildman–Crippen LogP) is 3.37. The Morgan fingerprint density at radius 1 is 1.22 bits per heavy atom. The van der Waals surface area contributed by atoms with E-state index in [1.54, 1.807) is 18.5 Å². The Morgan fingerprint density at radius 3 is 2.83 bits per heavy atom. The summed E-state index contributed by atoms with van der Waals surface area (Å²) in [6, 6.07) is 17.0. The molecule has 0 atom stereocenters. The largest absolute Gasteiger partial charge is 0.326 e. The molecule has 1 heterocycles. The number of benzene rings is 2. The predicted molar refractivity (Wildman–Crippen MR) is 88.0 cm³/mol. The van der Waals surface area contributed by atoms with Crippen LogP contribution in [0.1, 0.15) is 12.5 Å². The molecule has 0 aliphatic heterocycles. The zero-order valence-electron chi connectivity index (χ0n) is 12.5. The van der Waals surface area contributed by atoms with Crippen molar-refractivity contribution in [2.75, 3.05) is 5.32 Å². The Bertz CT molecular complexity index is 905. The molecular formula is C18H14N4O. The normalized spacial score (nSPS) is 10.1. The fourth-order valence-corrected chi connectivity index (χ4v) is 2.31. The van der Waals surface area contributed by atoms with Crippen LogP contribution in [0.5, 0.6) is 0 Å². The Balaban J connectivity index is 1.93. The van der Waals surface area contributed by atoms with Crippen molar-refractivity contribution in [1.82, 2.24) is 9.55 Å².